The summed E-state index contributed by atoms with van der Waals surface area (Å²) in [5.74, 6) is 1.68. The summed E-state index contributed by atoms with van der Waals surface area (Å²) in [6.45, 7) is 5.16. The number of carbonyl (C=O) groups excluding carboxylic acids is 1. The van der Waals surface area contributed by atoms with E-state index in [1.165, 1.54) is 22.3 Å². The zero-order valence-electron chi connectivity index (χ0n) is 15.9. The van der Waals surface area contributed by atoms with Crippen LogP contribution < -0.4 is 4.74 Å². The summed E-state index contributed by atoms with van der Waals surface area (Å²) in [4.78, 5) is 15.3. The molecule has 136 valence electrons. The summed E-state index contributed by atoms with van der Waals surface area (Å²) >= 11 is 0. The molecule has 0 bridgehead atoms. The third kappa shape index (κ3) is 3.23. The molecule has 3 heteroatoms. The zero-order chi connectivity index (χ0) is 18.3. The number of carbonyl (C=O) groups is 1. The van der Waals surface area contributed by atoms with Crippen LogP contribution >= 0.6 is 0 Å². The van der Waals surface area contributed by atoms with Crippen LogP contribution in [0.15, 0.2) is 42.5 Å². The van der Waals surface area contributed by atoms with Gasteiger partial charge in [0.05, 0.1) is 13.2 Å². The minimum Gasteiger partial charge on any atom is -0.497 e. The van der Waals surface area contributed by atoms with Gasteiger partial charge in [-0.05, 0) is 62.3 Å². The van der Waals surface area contributed by atoms with Gasteiger partial charge in [0.2, 0.25) is 5.91 Å². The van der Waals surface area contributed by atoms with Crippen LogP contribution in [0.5, 0.6) is 5.75 Å². The van der Waals surface area contributed by atoms with E-state index >= 15 is 0 Å². The zero-order valence-corrected chi connectivity index (χ0v) is 15.9. The Labute approximate surface area is 156 Å². The lowest BCUT2D eigenvalue weighted by Gasteiger charge is -2.26. The second-order valence-electron chi connectivity index (χ2n) is 7.84. The van der Waals surface area contributed by atoms with E-state index in [0.717, 1.165) is 31.6 Å². The summed E-state index contributed by atoms with van der Waals surface area (Å²) in [6.07, 6.45) is 3.13. The number of methoxy groups -OCH3 is 1. The smallest absolute Gasteiger partial charge is 0.226 e. The van der Waals surface area contributed by atoms with Crippen molar-refractivity contribution in [2.75, 3.05) is 13.7 Å². The third-order valence-electron chi connectivity index (χ3n) is 5.79. The molecule has 3 nitrogen and oxygen atoms in total. The van der Waals surface area contributed by atoms with Crippen LogP contribution in [0.25, 0.3) is 0 Å². The van der Waals surface area contributed by atoms with Gasteiger partial charge < -0.3 is 9.64 Å². The average Bonchev–Trinajstić information content (AvgIpc) is 3.28. The highest BCUT2D eigenvalue weighted by atomic mass is 16.5. The van der Waals surface area contributed by atoms with Gasteiger partial charge in [-0.3, -0.25) is 4.79 Å². The Kier molecular flexibility index (Phi) is 4.47. The Morgan fingerprint density at radius 2 is 1.85 bits per heavy atom. The number of ether oxygens (including phenoxy) is 1. The number of benzene rings is 2. The number of hydrogen-bond donors (Lipinski definition) is 0. The minimum absolute atomic E-state index is 0.133. The van der Waals surface area contributed by atoms with Crippen molar-refractivity contribution in [1.82, 2.24) is 4.90 Å². The SMILES string of the molecule is COc1cccc(C2CC2C(=O)N2CCCC2c2cc(C)cc(C)c2)c1. The Morgan fingerprint density at radius 3 is 2.58 bits per heavy atom. The van der Waals surface area contributed by atoms with Crippen LogP contribution in [0.3, 0.4) is 0 Å². The van der Waals surface area contributed by atoms with Crippen molar-refractivity contribution in [1.29, 1.82) is 0 Å². The molecule has 4 rings (SSSR count). The Morgan fingerprint density at radius 1 is 1.08 bits per heavy atom. The summed E-state index contributed by atoms with van der Waals surface area (Å²) in [5, 5.41) is 0. The lowest BCUT2D eigenvalue weighted by molar-refractivity contribution is -0.133. The number of aryl methyl sites for hydroxylation is 2. The maximum Gasteiger partial charge on any atom is 0.226 e. The van der Waals surface area contributed by atoms with Crippen molar-refractivity contribution in [3.05, 3.63) is 64.7 Å². The predicted octanol–water partition coefficient (Wildman–Crippen LogP) is 4.78. The summed E-state index contributed by atoms with van der Waals surface area (Å²) in [5.41, 5.74) is 5.08. The molecule has 3 atom stereocenters. The second-order valence-corrected chi connectivity index (χ2v) is 7.84. The number of rotatable bonds is 4. The lowest BCUT2D eigenvalue weighted by atomic mass is 9.99. The van der Waals surface area contributed by atoms with Crippen LogP contribution in [0.2, 0.25) is 0 Å². The first-order valence-electron chi connectivity index (χ1n) is 9.59. The van der Waals surface area contributed by atoms with Crippen LogP contribution in [0, 0.1) is 19.8 Å². The van der Waals surface area contributed by atoms with Crippen molar-refractivity contribution < 1.29 is 9.53 Å². The van der Waals surface area contributed by atoms with Crippen LogP contribution in [-0.2, 0) is 4.79 Å². The van der Waals surface area contributed by atoms with Crippen LogP contribution in [0.1, 0.15) is 53.5 Å². The van der Waals surface area contributed by atoms with Crippen molar-refractivity contribution in [3.63, 3.8) is 0 Å². The van der Waals surface area contributed by atoms with E-state index in [9.17, 15) is 4.79 Å². The molecule has 2 aliphatic rings. The van der Waals surface area contributed by atoms with Gasteiger partial charge in [0.1, 0.15) is 5.75 Å². The molecule has 2 aromatic rings. The van der Waals surface area contributed by atoms with Crippen molar-refractivity contribution >= 4 is 5.91 Å². The largest absolute Gasteiger partial charge is 0.497 e. The van der Waals surface area contributed by atoms with Gasteiger partial charge in [-0.2, -0.15) is 0 Å². The fourth-order valence-corrected chi connectivity index (χ4v) is 4.50. The van der Waals surface area contributed by atoms with Gasteiger partial charge in [0.25, 0.3) is 0 Å². The number of nitrogens with zero attached hydrogens (tertiary/aromatic N) is 1. The Balaban J connectivity index is 1.51. The third-order valence-corrected chi connectivity index (χ3v) is 5.79. The van der Waals surface area contributed by atoms with E-state index in [0.29, 0.717) is 11.8 Å². The minimum atomic E-state index is 0.133. The molecule has 0 N–H and O–H groups in total. The highest BCUT2D eigenvalue weighted by Gasteiger charge is 2.47. The summed E-state index contributed by atoms with van der Waals surface area (Å²) in [7, 11) is 1.69. The molecule has 0 spiro atoms. The molecule has 1 amide bonds. The summed E-state index contributed by atoms with van der Waals surface area (Å²) in [6, 6.07) is 15.1. The highest BCUT2D eigenvalue weighted by Crippen LogP contribution is 2.50. The van der Waals surface area contributed by atoms with Gasteiger partial charge in [-0.25, -0.2) is 0 Å². The molecule has 0 aromatic heterocycles. The van der Waals surface area contributed by atoms with E-state index in [1.807, 2.05) is 12.1 Å². The molecule has 0 radical (unpaired) electrons. The number of amides is 1. The maximum absolute atomic E-state index is 13.2. The van der Waals surface area contributed by atoms with Crippen molar-refractivity contribution in [2.24, 2.45) is 5.92 Å². The summed E-state index contributed by atoms with van der Waals surface area (Å²) < 4.78 is 5.33. The molecule has 1 aliphatic heterocycles. The van der Waals surface area contributed by atoms with Crippen molar-refractivity contribution in [3.8, 4) is 5.75 Å². The van der Waals surface area contributed by atoms with Crippen LogP contribution in [0.4, 0.5) is 0 Å². The average molecular weight is 349 g/mol. The molecule has 1 saturated heterocycles. The van der Waals surface area contributed by atoms with Gasteiger partial charge in [0.15, 0.2) is 0 Å². The Bertz CT molecular complexity index is 808. The van der Waals surface area contributed by atoms with E-state index in [1.54, 1.807) is 7.11 Å². The highest BCUT2D eigenvalue weighted by molar-refractivity contribution is 5.83. The molecule has 2 aromatic carbocycles. The van der Waals surface area contributed by atoms with E-state index in [-0.39, 0.29) is 12.0 Å². The fraction of sp³-hybridized carbons (Fsp3) is 0.435. The van der Waals surface area contributed by atoms with Crippen molar-refractivity contribution in [2.45, 2.75) is 45.1 Å². The molecule has 3 unspecified atom stereocenters. The number of hydrogen-bond acceptors (Lipinski definition) is 2. The molecule has 2 fully saturated rings. The monoisotopic (exact) mass is 349 g/mol. The van der Waals surface area contributed by atoms with Gasteiger partial charge in [-0.15, -0.1) is 0 Å². The molecule has 1 aliphatic carbocycles. The molecular formula is C23H27NO2. The molecule has 1 heterocycles. The van der Waals surface area contributed by atoms with E-state index in [4.69, 9.17) is 4.74 Å². The van der Waals surface area contributed by atoms with Gasteiger partial charge in [-0.1, -0.05) is 41.5 Å². The molecular weight excluding hydrogens is 322 g/mol. The molecule has 1 saturated carbocycles. The quantitative estimate of drug-likeness (QED) is 0.795. The van der Waals surface area contributed by atoms with E-state index in [2.05, 4.69) is 49.1 Å². The van der Waals surface area contributed by atoms with E-state index < -0.39 is 0 Å². The van der Waals surface area contributed by atoms with Gasteiger partial charge in [0, 0.05) is 12.5 Å². The first kappa shape index (κ1) is 17.1. The first-order valence-corrected chi connectivity index (χ1v) is 9.59. The van der Waals surface area contributed by atoms with Crippen LogP contribution in [-0.4, -0.2) is 24.5 Å². The Hall–Kier alpha value is -2.29. The molecule has 26 heavy (non-hydrogen) atoms. The first-order chi connectivity index (χ1) is 12.6. The van der Waals surface area contributed by atoms with Gasteiger partial charge >= 0.3 is 0 Å². The fourth-order valence-electron chi connectivity index (χ4n) is 4.50. The predicted molar refractivity (Wildman–Crippen MR) is 103 cm³/mol. The second kappa shape index (κ2) is 6.79. The maximum atomic E-state index is 13.2. The normalized spacial score (nSPS) is 24.6. The number of likely N-dealkylation sites (tertiary alicyclic amines) is 1. The topological polar surface area (TPSA) is 29.5 Å². The standard InChI is InChI=1S/C23H27NO2/c1-15-10-16(2)12-18(11-15)22-8-5-9-24(22)23(25)21-14-20(21)17-6-4-7-19(13-17)26-3/h4,6-7,10-13,20-22H,5,8-9,14H2,1-3H3. The lowest BCUT2D eigenvalue weighted by Crippen LogP contribution is -2.32.